The van der Waals surface area contributed by atoms with E-state index in [1.54, 1.807) is 0 Å². The Morgan fingerprint density at radius 2 is 2.06 bits per heavy atom. The van der Waals surface area contributed by atoms with Crippen molar-refractivity contribution in [2.24, 2.45) is 16.7 Å². The summed E-state index contributed by atoms with van der Waals surface area (Å²) >= 11 is 0. The van der Waals surface area contributed by atoms with Crippen LogP contribution in [0.1, 0.15) is 46.5 Å². The van der Waals surface area contributed by atoms with Crippen LogP contribution in [0.5, 0.6) is 0 Å². The minimum absolute atomic E-state index is 0.0717. The zero-order valence-electron chi connectivity index (χ0n) is 11.7. The van der Waals surface area contributed by atoms with E-state index in [0.29, 0.717) is 12.8 Å². The summed E-state index contributed by atoms with van der Waals surface area (Å²) in [6.45, 7) is 6.01. The molecule has 0 aromatic rings. The van der Waals surface area contributed by atoms with E-state index in [1.807, 2.05) is 13.8 Å². The Morgan fingerprint density at radius 3 is 2.67 bits per heavy atom. The third kappa shape index (κ3) is 1.72. The molecular formula is C15H22O3. The van der Waals surface area contributed by atoms with Crippen LogP contribution in [0.3, 0.4) is 0 Å². The highest BCUT2D eigenvalue weighted by molar-refractivity contribution is 5.90. The molecule has 0 spiro atoms. The summed E-state index contributed by atoms with van der Waals surface area (Å²) in [7, 11) is 1.44. The highest BCUT2D eigenvalue weighted by Gasteiger charge is 2.57. The van der Waals surface area contributed by atoms with Crippen molar-refractivity contribution in [3.8, 4) is 0 Å². The van der Waals surface area contributed by atoms with Crippen molar-refractivity contribution in [2.45, 2.75) is 46.5 Å². The van der Waals surface area contributed by atoms with E-state index < -0.39 is 10.8 Å². The molecule has 2 rings (SSSR count). The molecular weight excluding hydrogens is 228 g/mol. The van der Waals surface area contributed by atoms with Crippen molar-refractivity contribution in [1.82, 2.24) is 0 Å². The fraction of sp³-hybridized carbons (Fsp3) is 0.733. The van der Waals surface area contributed by atoms with Gasteiger partial charge in [-0.2, -0.15) is 0 Å². The number of hydrogen-bond acceptors (Lipinski definition) is 3. The van der Waals surface area contributed by atoms with Crippen molar-refractivity contribution in [2.75, 3.05) is 7.11 Å². The number of fused-ring (bicyclic) bond motifs is 1. The van der Waals surface area contributed by atoms with Crippen molar-refractivity contribution in [3.63, 3.8) is 0 Å². The van der Waals surface area contributed by atoms with Gasteiger partial charge in [-0.05, 0) is 32.1 Å². The Bertz CT molecular complexity index is 419. The SMILES string of the molecule is COC(=O)[C@@]12C=C(C)CC[C@@H]1C(C)(C)C(=O)CC2. The molecule has 0 aromatic carbocycles. The molecule has 0 amide bonds. The van der Waals surface area contributed by atoms with Crippen LogP contribution in [0, 0.1) is 16.7 Å². The molecule has 0 unspecified atom stereocenters. The molecule has 3 heteroatoms. The second-order valence-electron chi connectivity index (χ2n) is 6.26. The van der Waals surface area contributed by atoms with Gasteiger partial charge < -0.3 is 4.74 Å². The third-order valence-corrected chi connectivity index (χ3v) is 4.87. The van der Waals surface area contributed by atoms with Gasteiger partial charge in [0.1, 0.15) is 5.78 Å². The maximum atomic E-state index is 12.3. The number of carbonyl (C=O) groups excluding carboxylic acids is 2. The highest BCUT2D eigenvalue weighted by atomic mass is 16.5. The first kappa shape index (κ1) is 13.3. The van der Waals surface area contributed by atoms with Gasteiger partial charge in [0.15, 0.2) is 0 Å². The Balaban J connectivity index is 2.52. The van der Waals surface area contributed by atoms with Crippen LogP contribution < -0.4 is 0 Å². The van der Waals surface area contributed by atoms with Gasteiger partial charge in [-0.25, -0.2) is 0 Å². The average Bonchev–Trinajstić information content (AvgIpc) is 2.33. The molecule has 0 heterocycles. The van der Waals surface area contributed by atoms with Crippen molar-refractivity contribution >= 4 is 11.8 Å². The lowest BCUT2D eigenvalue weighted by Gasteiger charge is -2.50. The first-order valence-electron chi connectivity index (χ1n) is 6.64. The minimum atomic E-state index is -0.575. The fourth-order valence-electron chi connectivity index (χ4n) is 3.82. The Hall–Kier alpha value is -1.12. The lowest BCUT2D eigenvalue weighted by Crippen LogP contribution is -2.53. The monoisotopic (exact) mass is 250 g/mol. The van der Waals surface area contributed by atoms with Crippen LogP contribution in [0.25, 0.3) is 0 Å². The molecule has 18 heavy (non-hydrogen) atoms. The first-order chi connectivity index (χ1) is 8.34. The van der Waals surface area contributed by atoms with Crippen LogP contribution >= 0.6 is 0 Å². The van der Waals surface area contributed by atoms with Crippen molar-refractivity contribution < 1.29 is 14.3 Å². The molecule has 1 fully saturated rings. The number of rotatable bonds is 1. The number of carbonyl (C=O) groups is 2. The lowest BCUT2D eigenvalue weighted by atomic mass is 9.52. The summed E-state index contributed by atoms with van der Waals surface area (Å²) in [4.78, 5) is 24.4. The van der Waals surface area contributed by atoms with E-state index in [2.05, 4.69) is 13.0 Å². The molecule has 0 N–H and O–H groups in total. The molecule has 2 aliphatic rings. The number of ketones is 1. The third-order valence-electron chi connectivity index (χ3n) is 4.87. The molecule has 1 saturated carbocycles. The van der Waals surface area contributed by atoms with Crippen LogP contribution in [-0.2, 0) is 14.3 Å². The molecule has 0 bridgehead atoms. The van der Waals surface area contributed by atoms with Crippen molar-refractivity contribution in [1.29, 1.82) is 0 Å². The Kier molecular flexibility index (Phi) is 3.12. The highest BCUT2D eigenvalue weighted by Crippen LogP contribution is 2.55. The lowest BCUT2D eigenvalue weighted by molar-refractivity contribution is -0.163. The second kappa shape index (κ2) is 4.22. The van der Waals surface area contributed by atoms with E-state index in [0.717, 1.165) is 12.8 Å². The van der Waals surface area contributed by atoms with Crippen LogP contribution in [-0.4, -0.2) is 18.9 Å². The number of allylic oxidation sites excluding steroid dienone is 1. The van der Waals surface area contributed by atoms with Gasteiger partial charge in [0.05, 0.1) is 12.5 Å². The van der Waals surface area contributed by atoms with Gasteiger partial charge >= 0.3 is 5.97 Å². The van der Waals surface area contributed by atoms with E-state index in [4.69, 9.17) is 4.74 Å². The van der Waals surface area contributed by atoms with Gasteiger partial charge in [0.25, 0.3) is 0 Å². The zero-order chi connectivity index (χ0) is 13.6. The maximum absolute atomic E-state index is 12.3. The summed E-state index contributed by atoms with van der Waals surface area (Å²) in [5.74, 6) is 0.175. The molecule has 0 saturated heterocycles. The smallest absolute Gasteiger partial charge is 0.315 e. The molecule has 2 aliphatic carbocycles. The number of hydrogen-bond donors (Lipinski definition) is 0. The number of ether oxygens (including phenoxy) is 1. The maximum Gasteiger partial charge on any atom is 0.315 e. The first-order valence-corrected chi connectivity index (χ1v) is 6.64. The summed E-state index contributed by atoms with van der Waals surface area (Å²) < 4.78 is 5.03. The predicted octanol–water partition coefficient (Wildman–Crippen LogP) is 2.89. The van der Waals surface area contributed by atoms with Gasteiger partial charge in [0, 0.05) is 11.8 Å². The largest absolute Gasteiger partial charge is 0.468 e. The second-order valence-corrected chi connectivity index (χ2v) is 6.26. The summed E-state index contributed by atoms with van der Waals surface area (Å²) in [6.07, 6.45) is 5.02. The standard InChI is InChI=1S/C15H22O3/c1-10-5-6-11-14(2,3)12(16)7-8-15(11,9-10)13(17)18-4/h9,11H,5-8H2,1-4H3/t11-,15+/m1/s1. The van der Waals surface area contributed by atoms with E-state index in [9.17, 15) is 9.59 Å². The normalized spacial score (nSPS) is 34.6. The average molecular weight is 250 g/mol. The molecule has 0 radical (unpaired) electrons. The predicted molar refractivity (Wildman–Crippen MR) is 69.0 cm³/mol. The number of Topliss-reactive ketones (excluding diaryl/α,β-unsaturated/α-hetero) is 1. The minimum Gasteiger partial charge on any atom is -0.468 e. The Labute approximate surface area is 109 Å². The number of esters is 1. The van der Waals surface area contributed by atoms with Gasteiger partial charge in [-0.15, -0.1) is 0 Å². The fourth-order valence-corrected chi connectivity index (χ4v) is 3.82. The summed E-state index contributed by atoms with van der Waals surface area (Å²) in [6, 6.07) is 0. The van der Waals surface area contributed by atoms with Crippen LogP contribution in [0.4, 0.5) is 0 Å². The molecule has 100 valence electrons. The van der Waals surface area contributed by atoms with E-state index >= 15 is 0 Å². The molecule has 0 aromatic heterocycles. The Morgan fingerprint density at radius 1 is 1.39 bits per heavy atom. The van der Waals surface area contributed by atoms with Gasteiger partial charge in [-0.1, -0.05) is 25.5 Å². The molecule has 3 nitrogen and oxygen atoms in total. The topological polar surface area (TPSA) is 43.4 Å². The summed E-state index contributed by atoms with van der Waals surface area (Å²) in [5.41, 5.74) is 0.236. The summed E-state index contributed by atoms with van der Waals surface area (Å²) in [5, 5.41) is 0. The zero-order valence-corrected chi connectivity index (χ0v) is 11.7. The molecule has 2 atom stereocenters. The van der Waals surface area contributed by atoms with Gasteiger partial charge in [0.2, 0.25) is 0 Å². The van der Waals surface area contributed by atoms with Crippen LogP contribution in [0.15, 0.2) is 11.6 Å². The van der Waals surface area contributed by atoms with E-state index in [1.165, 1.54) is 12.7 Å². The van der Waals surface area contributed by atoms with Crippen LogP contribution in [0.2, 0.25) is 0 Å². The van der Waals surface area contributed by atoms with Crippen molar-refractivity contribution in [3.05, 3.63) is 11.6 Å². The van der Waals surface area contributed by atoms with Gasteiger partial charge in [-0.3, -0.25) is 9.59 Å². The number of methoxy groups -OCH3 is 1. The van der Waals surface area contributed by atoms with E-state index in [-0.39, 0.29) is 17.7 Å². The molecule has 0 aliphatic heterocycles. The quantitative estimate of drug-likeness (QED) is 0.531.